The SMILES string of the molecule is C=C[C@]1(C)C[C@@H](C(Oc2cc(CN)c3c(c2)B(O)OC3)C(=O)O)[C@]2(C)[C@@H]3C(=O)CC[C@@]3(CC[C@@H]2C)[C@@H](C)[C@@H]1O. The molecule has 1 aromatic carbocycles. The normalized spacial score (nSPS) is 40.3. The van der Waals surface area contributed by atoms with Crippen LogP contribution in [0.15, 0.2) is 24.8 Å². The molecule has 8 nitrogen and oxygen atoms in total. The summed E-state index contributed by atoms with van der Waals surface area (Å²) in [6.45, 7) is 12.7. The fraction of sp³-hybridized carbons (Fsp3) is 0.667. The predicted molar refractivity (Wildman–Crippen MR) is 147 cm³/mol. The van der Waals surface area contributed by atoms with Crippen LogP contribution in [-0.4, -0.2) is 46.3 Å². The van der Waals surface area contributed by atoms with Gasteiger partial charge in [0.2, 0.25) is 0 Å². The molecule has 4 aliphatic rings. The molecule has 0 aromatic heterocycles. The minimum Gasteiger partial charge on any atom is -0.478 e. The van der Waals surface area contributed by atoms with Gasteiger partial charge in [0.05, 0.1) is 12.7 Å². The van der Waals surface area contributed by atoms with Crippen LogP contribution in [-0.2, 0) is 27.4 Å². The van der Waals surface area contributed by atoms with Gasteiger partial charge in [0.25, 0.3) is 0 Å². The van der Waals surface area contributed by atoms with Crippen LogP contribution in [0.4, 0.5) is 0 Å². The van der Waals surface area contributed by atoms with Crippen LogP contribution >= 0.6 is 0 Å². The number of carbonyl (C=O) groups excluding carboxylic acids is 1. The summed E-state index contributed by atoms with van der Waals surface area (Å²) >= 11 is 0. The van der Waals surface area contributed by atoms with Gasteiger partial charge < -0.3 is 30.4 Å². The van der Waals surface area contributed by atoms with E-state index in [0.29, 0.717) is 30.5 Å². The maximum atomic E-state index is 13.7. The molecular formula is C30H42BNO7. The lowest BCUT2D eigenvalue weighted by molar-refractivity contribution is -0.193. The zero-order valence-electron chi connectivity index (χ0n) is 23.5. The van der Waals surface area contributed by atoms with Gasteiger partial charge in [0.15, 0.2) is 6.10 Å². The Morgan fingerprint density at radius 1 is 1.33 bits per heavy atom. The molecule has 212 valence electrons. The molecule has 9 atom stereocenters. The minimum absolute atomic E-state index is 0.0690. The number of Topliss-reactive ketones (excluding diaryl/α,β-unsaturated/α-hetero) is 1. The van der Waals surface area contributed by atoms with Crippen LogP contribution in [0.3, 0.4) is 0 Å². The van der Waals surface area contributed by atoms with Crippen LogP contribution in [0.1, 0.15) is 70.9 Å². The highest BCUT2D eigenvalue weighted by atomic mass is 16.5. The molecule has 39 heavy (non-hydrogen) atoms. The number of carboxylic acid groups (broad SMARTS) is 1. The number of hydrogen-bond acceptors (Lipinski definition) is 7. The number of carboxylic acids is 1. The second kappa shape index (κ2) is 9.72. The Bertz CT molecular complexity index is 1190. The fourth-order valence-electron chi connectivity index (χ4n) is 8.99. The maximum absolute atomic E-state index is 13.7. The van der Waals surface area contributed by atoms with Gasteiger partial charge in [-0.15, -0.1) is 6.58 Å². The van der Waals surface area contributed by atoms with Crippen molar-refractivity contribution in [2.45, 2.75) is 85.2 Å². The first-order valence-corrected chi connectivity index (χ1v) is 14.2. The van der Waals surface area contributed by atoms with Crippen LogP contribution in [0, 0.1) is 39.9 Å². The van der Waals surface area contributed by atoms with Crippen molar-refractivity contribution in [1.29, 1.82) is 0 Å². The van der Waals surface area contributed by atoms with Crippen molar-refractivity contribution in [3.05, 3.63) is 35.9 Å². The van der Waals surface area contributed by atoms with Crippen LogP contribution in [0.25, 0.3) is 0 Å². The maximum Gasteiger partial charge on any atom is 0.491 e. The molecule has 3 aliphatic carbocycles. The summed E-state index contributed by atoms with van der Waals surface area (Å²) < 4.78 is 11.7. The van der Waals surface area contributed by atoms with Gasteiger partial charge in [-0.05, 0) is 77.1 Å². The third-order valence-corrected chi connectivity index (χ3v) is 11.5. The zero-order valence-corrected chi connectivity index (χ0v) is 23.5. The fourth-order valence-corrected chi connectivity index (χ4v) is 8.99. The van der Waals surface area contributed by atoms with Gasteiger partial charge in [-0.1, -0.05) is 33.8 Å². The second-order valence-corrected chi connectivity index (χ2v) is 13.1. The van der Waals surface area contributed by atoms with Crippen LogP contribution in [0.2, 0.25) is 0 Å². The molecule has 0 radical (unpaired) electrons. The first kappa shape index (κ1) is 28.3. The van der Waals surface area contributed by atoms with E-state index in [9.17, 15) is 24.8 Å². The molecule has 3 saturated carbocycles. The van der Waals surface area contributed by atoms with Crippen molar-refractivity contribution in [1.82, 2.24) is 0 Å². The van der Waals surface area contributed by atoms with Gasteiger partial charge >= 0.3 is 13.1 Å². The molecule has 0 amide bonds. The van der Waals surface area contributed by atoms with Crippen molar-refractivity contribution in [2.24, 2.45) is 45.7 Å². The van der Waals surface area contributed by atoms with Gasteiger partial charge in [0, 0.05) is 30.2 Å². The Morgan fingerprint density at radius 3 is 2.69 bits per heavy atom. The Balaban J connectivity index is 1.66. The van der Waals surface area contributed by atoms with E-state index in [1.165, 1.54) is 0 Å². The number of nitrogens with two attached hydrogens (primary N) is 1. The standard InChI is InChI=1S/C30H42BNO7/c1-6-28(4)13-21(24(27(35)36)39-19-11-18(14-32)20-15-38-31(37)22(20)12-19)29(5)16(2)7-9-30(17(3)26(28)34)10-8-23(33)25(29)30/h6,11-12,16-17,21,24-26,34,37H,1,7-10,13-15,32H2,2-5H3,(H,35,36)/t16-,17-,21-,24?,25-,26-,28+,29+,30-/m0/s1. The van der Waals surface area contributed by atoms with Crippen molar-refractivity contribution in [3.8, 4) is 5.75 Å². The van der Waals surface area contributed by atoms with E-state index >= 15 is 0 Å². The van der Waals surface area contributed by atoms with E-state index in [1.54, 1.807) is 18.2 Å². The third kappa shape index (κ3) is 4.03. The lowest BCUT2D eigenvalue weighted by Gasteiger charge is -2.63. The smallest absolute Gasteiger partial charge is 0.478 e. The summed E-state index contributed by atoms with van der Waals surface area (Å²) in [5.41, 5.74) is 6.17. The van der Waals surface area contributed by atoms with Crippen molar-refractivity contribution in [2.75, 3.05) is 0 Å². The molecule has 5 N–H and O–H groups in total. The van der Waals surface area contributed by atoms with Crippen LogP contribution in [0.5, 0.6) is 5.75 Å². The number of rotatable bonds is 6. The first-order chi connectivity index (χ1) is 18.3. The summed E-state index contributed by atoms with van der Waals surface area (Å²) in [5.74, 6) is -1.70. The first-order valence-electron chi connectivity index (χ1n) is 14.2. The number of ether oxygens (including phenoxy) is 1. The van der Waals surface area contributed by atoms with E-state index in [4.69, 9.17) is 15.1 Å². The molecule has 1 heterocycles. The largest absolute Gasteiger partial charge is 0.491 e. The highest BCUT2D eigenvalue weighted by Crippen LogP contribution is 2.69. The number of fused-ring (bicyclic) bond motifs is 1. The van der Waals surface area contributed by atoms with Gasteiger partial charge in [0.1, 0.15) is 11.5 Å². The number of hydrogen-bond donors (Lipinski definition) is 4. The van der Waals surface area contributed by atoms with Crippen molar-refractivity contribution < 1.29 is 34.2 Å². The number of carbonyl (C=O) groups is 2. The lowest BCUT2D eigenvalue weighted by atomic mass is 9.41. The monoisotopic (exact) mass is 539 g/mol. The summed E-state index contributed by atoms with van der Waals surface area (Å²) in [4.78, 5) is 26.8. The van der Waals surface area contributed by atoms with Crippen molar-refractivity contribution >= 4 is 24.3 Å². The zero-order chi connectivity index (χ0) is 28.5. The third-order valence-electron chi connectivity index (χ3n) is 11.5. The number of aliphatic hydroxyl groups excluding tert-OH is 1. The van der Waals surface area contributed by atoms with E-state index < -0.39 is 47.5 Å². The van der Waals surface area contributed by atoms with Gasteiger partial charge in [-0.3, -0.25) is 4.79 Å². The number of aliphatic carboxylic acids is 1. The van der Waals surface area contributed by atoms with Gasteiger partial charge in [-0.25, -0.2) is 4.79 Å². The van der Waals surface area contributed by atoms with E-state index in [0.717, 1.165) is 24.0 Å². The average molecular weight is 539 g/mol. The molecular weight excluding hydrogens is 497 g/mol. The quantitative estimate of drug-likeness (QED) is 0.320. The predicted octanol–water partition coefficient (Wildman–Crippen LogP) is 2.81. The molecule has 5 rings (SSSR count). The number of aliphatic hydroxyl groups is 1. The topological polar surface area (TPSA) is 139 Å². The van der Waals surface area contributed by atoms with E-state index in [2.05, 4.69) is 27.4 Å². The number of ketones is 1. The summed E-state index contributed by atoms with van der Waals surface area (Å²) in [7, 11) is -1.13. The molecule has 9 heteroatoms. The lowest BCUT2D eigenvalue weighted by Crippen LogP contribution is -2.63. The van der Waals surface area contributed by atoms with E-state index in [-0.39, 0.29) is 36.7 Å². The van der Waals surface area contributed by atoms with Crippen LogP contribution < -0.4 is 15.9 Å². The molecule has 3 fully saturated rings. The molecule has 2 bridgehead atoms. The highest BCUT2D eigenvalue weighted by molar-refractivity contribution is 6.61. The Hall–Kier alpha value is -2.20. The Labute approximate surface area is 231 Å². The van der Waals surface area contributed by atoms with Gasteiger partial charge in [-0.2, -0.15) is 0 Å². The summed E-state index contributed by atoms with van der Waals surface area (Å²) in [5, 5.41) is 32.8. The summed E-state index contributed by atoms with van der Waals surface area (Å²) in [6.07, 6.45) is 2.82. The molecule has 1 aliphatic heterocycles. The highest BCUT2D eigenvalue weighted by Gasteiger charge is 2.69. The second-order valence-electron chi connectivity index (χ2n) is 13.1. The Morgan fingerprint density at radius 2 is 2.05 bits per heavy atom. The molecule has 0 saturated heterocycles. The minimum atomic E-state index is -1.30. The molecule has 1 aromatic rings. The van der Waals surface area contributed by atoms with Crippen molar-refractivity contribution in [3.63, 3.8) is 0 Å². The van der Waals surface area contributed by atoms with E-state index in [1.807, 2.05) is 6.92 Å². The molecule has 0 spiro atoms. The molecule has 1 unspecified atom stereocenters. The summed E-state index contributed by atoms with van der Waals surface area (Å²) in [6, 6.07) is 3.35. The average Bonchev–Trinajstić information content (AvgIpc) is 3.46. The Kier molecular flexibility index (Phi) is 7.06. The number of benzene rings is 1.